The minimum atomic E-state index is 0.138. The zero-order valence-corrected chi connectivity index (χ0v) is 15.2. The smallest absolute Gasteiger partial charge is 0.220 e. The summed E-state index contributed by atoms with van der Waals surface area (Å²) in [5.74, 6) is 0.974. The molecule has 0 bridgehead atoms. The van der Waals surface area contributed by atoms with Crippen LogP contribution in [0.15, 0.2) is 33.7 Å². The lowest BCUT2D eigenvalue weighted by Crippen LogP contribution is -2.51. The van der Waals surface area contributed by atoms with Crippen LogP contribution in [-0.4, -0.2) is 37.5 Å². The molecule has 1 unspecified atom stereocenters. The van der Waals surface area contributed by atoms with Crippen molar-refractivity contribution in [3.63, 3.8) is 0 Å². The van der Waals surface area contributed by atoms with Gasteiger partial charge in [-0.2, -0.15) is 0 Å². The van der Waals surface area contributed by atoms with Crippen molar-refractivity contribution in [3.05, 3.63) is 34.3 Å². The van der Waals surface area contributed by atoms with Crippen LogP contribution in [0.3, 0.4) is 0 Å². The molecule has 1 saturated heterocycles. The van der Waals surface area contributed by atoms with E-state index in [-0.39, 0.29) is 11.9 Å². The van der Waals surface area contributed by atoms with Gasteiger partial charge in [-0.25, -0.2) is 0 Å². The van der Waals surface area contributed by atoms with Crippen molar-refractivity contribution in [2.24, 2.45) is 4.99 Å². The number of halogens is 1. The molecule has 2 rings (SSSR count). The van der Waals surface area contributed by atoms with Crippen molar-refractivity contribution in [1.82, 2.24) is 16.0 Å². The minimum Gasteiger partial charge on any atom is -0.357 e. The van der Waals surface area contributed by atoms with Crippen LogP contribution in [0.5, 0.6) is 0 Å². The Balaban J connectivity index is 1.77. The highest BCUT2D eigenvalue weighted by molar-refractivity contribution is 9.10. The van der Waals surface area contributed by atoms with Crippen molar-refractivity contribution in [2.75, 3.05) is 19.6 Å². The highest BCUT2D eigenvalue weighted by Gasteiger charge is 2.18. The molecule has 3 N–H and O–H groups in total. The number of rotatable bonds is 6. The molecule has 0 radical (unpaired) electrons. The second-order valence-electron chi connectivity index (χ2n) is 5.68. The van der Waals surface area contributed by atoms with E-state index in [9.17, 15) is 4.79 Å². The van der Waals surface area contributed by atoms with Crippen molar-refractivity contribution in [3.8, 4) is 0 Å². The summed E-state index contributed by atoms with van der Waals surface area (Å²) in [6.07, 6.45) is 3.46. The number of hydrogen-bond acceptors (Lipinski definition) is 2. The molecule has 1 heterocycles. The van der Waals surface area contributed by atoms with Crippen molar-refractivity contribution in [2.45, 2.75) is 38.6 Å². The fourth-order valence-electron chi connectivity index (χ4n) is 2.54. The van der Waals surface area contributed by atoms with Gasteiger partial charge < -0.3 is 16.0 Å². The molecule has 1 aliphatic rings. The maximum atomic E-state index is 11.2. The molecule has 1 aromatic rings. The molecule has 0 aromatic heterocycles. The van der Waals surface area contributed by atoms with Crippen LogP contribution >= 0.6 is 15.9 Å². The number of hydrogen-bond donors (Lipinski definition) is 3. The summed E-state index contributed by atoms with van der Waals surface area (Å²) in [5, 5.41) is 9.55. The number of benzene rings is 1. The zero-order chi connectivity index (χ0) is 16.5. The molecule has 23 heavy (non-hydrogen) atoms. The summed E-state index contributed by atoms with van der Waals surface area (Å²) < 4.78 is 1.12. The maximum absolute atomic E-state index is 11.2. The average molecular weight is 381 g/mol. The Hall–Kier alpha value is -1.56. The van der Waals surface area contributed by atoms with E-state index in [0.717, 1.165) is 42.8 Å². The lowest BCUT2D eigenvalue weighted by atomic mass is 10.1. The third kappa shape index (κ3) is 6.60. The van der Waals surface area contributed by atoms with Gasteiger partial charge in [0.05, 0.1) is 0 Å². The SMILES string of the molecule is CCNC(=NCCCc1cccc(Br)c1)NC1CCC(=O)NC1. The first-order valence-electron chi connectivity index (χ1n) is 8.23. The van der Waals surface area contributed by atoms with Crippen LogP contribution in [0.4, 0.5) is 0 Å². The van der Waals surface area contributed by atoms with E-state index in [1.807, 2.05) is 6.07 Å². The standard InChI is InChI=1S/C17H25BrN4O/c1-2-19-17(22-15-8-9-16(23)21-12-15)20-10-4-6-13-5-3-7-14(18)11-13/h3,5,7,11,15H,2,4,6,8-10,12H2,1H3,(H,21,23)(H2,19,20,22). The molecule has 1 atom stereocenters. The predicted molar refractivity (Wildman–Crippen MR) is 97.6 cm³/mol. The molecule has 0 saturated carbocycles. The van der Waals surface area contributed by atoms with Crippen molar-refractivity contribution < 1.29 is 4.79 Å². The average Bonchev–Trinajstić information content (AvgIpc) is 2.54. The van der Waals surface area contributed by atoms with Crippen LogP contribution in [-0.2, 0) is 11.2 Å². The highest BCUT2D eigenvalue weighted by Crippen LogP contribution is 2.12. The number of aryl methyl sites for hydroxylation is 1. The number of amides is 1. The quantitative estimate of drug-likeness (QED) is 0.402. The van der Waals surface area contributed by atoms with Crippen molar-refractivity contribution in [1.29, 1.82) is 0 Å². The number of guanidine groups is 1. The summed E-state index contributed by atoms with van der Waals surface area (Å²) >= 11 is 3.50. The van der Waals surface area contributed by atoms with Crippen LogP contribution in [0.1, 0.15) is 31.7 Å². The van der Waals surface area contributed by atoms with E-state index in [1.165, 1.54) is 5.56 Å². The van der Waals surface area contributed by atoms with Gasteiger partial charge in [0, 0.05) is 36.6 Å². The summed E-state index contributed by atoms with van der Waals surface area (Å²) in [6.45, 7) is 4.33. The third-order valence-electron chi connectivity index (χ3n) is 3.73. The molecule has 1 amide bonds. The third-order valence-corrected chi connectivity index (χ3v) is 4.23. The summed E-state index contributed by atoms with van der Waals surface area (Å²) in [4.78, 5) is 15.8. The molecule has 1 aromatic carbocycles. The van der Waals surface area contributed by atoms with Crippen LogP contribution in [0.2, 0.25) is 0 Å². The largest absolute Gasteiger partial charge is 0.357 e. The van der Waals surface area contributed by atoms with Gasteiger partial charge in [-0.3, -0.25) is 9.79 Å². The van der Waals surface area contributed by atoms with E-state index in [0.29, 0.717) is 13.0 Å². The molecule has 126 valence electrons. The number of carbonyl (C=O) groups is 1. The van der Waals surface area contributed by atoms with Gasteiger partial charge in [-0.05, 0) is 43.9 Å². The number of nitrogens with zero attached hydrogens (tertiary/aromatic N) is 1. The first kappa shape index (κ1) is 17.8. The number of nitrogens with one attached hydrogen (secondary N) is 3. The summed E-state index contributed by atoms with van der Waals surface area (Å²) in [7, 11) is 0. The van der Waals surface area contributed by atoms with Gasteiger partial charge in [0.15, 0.2) is 5.96 Å². The molecular formula is C17H25BrN4O. The molecular weight excluding hydrogens is 356 g/mol. The van der Waals surface area contributed by atoms with E-state index in [2.05, 4.69) is 62.0 Å². The van der Waals surface area contributed by atoms with Gasteiger partial charge in [-0.1, -0.05) is 28.1 Å². The molecule has 6 heteroatoms. The summed E-state index contributed by atoms with van der Waals surface area (Å²) in [6, 6.07) is 8.65. The lowest BCUT2D eigenvalue weighted by Gasteiger charge is -2.25. The lowest BCUT2D eigenvalue weighted by molar-refractivity contribution is -0.122. The Bertz CT molecular complexity index is 537. The minimum absolute atomic E-state index is 0.138. The first-order valence-corrected chi connectivity index (χ1v) is 9.02. The second kappa shape index (κ2) is 9.55. The van der Waals surface area contributed by atoms with E-state index in [4.69, 9.17) is 0 Å². The van der Waals surface area contributed by atoms with Gasteiger partial charge in [-0.15, -0.1) is 0 Å². The van der Waals surface area contributed by atoms with Crippen LogP contribution in [0.25, 0.3) is 0 Å². The molecule has 0 aliphatic carbocycles. The molecule has 1 fully saturated rings. The van der Waals surface area contributed by atoms with E-state index in [1.54, 1.807) is 0 Å². The van der Waals surface area contributed by atoms with Crippen molar-refractivity contribution >= 4 is 27.8 Å². The number of aliphatic imine (C=N–C) groups is 1. The van der Waals surface area contributed by atoms with E-state index < -0.39 is 0 Å². The van der Waals surface area contributed by atoms with Gasteiger partial charge in [0.2, 0.25) is 5.91 Å². The van der Waals surface area contributed by atoms with Crippen LogP contribution < -0.4 is 16.0 Å². The summed E-state index contributed by atoms with van der Waals surface area (Å²) in [5.41, 5.74) is 1.32. The fraction of sp³-hybridized carbons (Fsp3) is 0.529. The van der Waals surface area contributed by atoms with Gasteiger partial charge in [0.1, 0.15) is 0 Å². The predicted octanol–water partition coefficient (Wildman–Crippen LogP) is 2.22. The number of piperidine rings is 1. The highest BCUT2D eigenvalue weighted by atomic mass is 79.9. The Morgan fingerprint density at radius 2 is 2.35 bits per heavy atom. The topological polar surface area (TPSA) is 65.5 Å². The normalized spacial score (nSPS) is 18.4. The Morgan fingerprint density at radius 1 is 1.48 bits per heavy atom. The van der Waals surface area contributed by atoms with Gasteiger partial charge >= 0.3 is 0 Å². The zero-order valence-electron chi connectivity index (χ0n) is 13.6. The molecule has 0 spiro atoms. The van der Waals surface area contributed by atoms with E-state index >= 15 is 0 Å². The second-order valence-corrected chi connectivity index (χ2v) is 6.59. The van der Waals surface area contributed by atoms with Crippen LogP contribution in [0, 0.1) is 0 Å². The Labute approximate surface area is 146 Å². The van der Waals surface area contributed by atoms with Gasteiger partial charge in [0.25, 0.3) is 0 Å². The maximum Gasteiger partial charge on any atom is 0.220 e. The Morgan fingerprint density at radius 3 is 3.04 bits per heavy atom. The number of carbonyl (C=O) groups excluding carboxylic acids is 1. The Kier molecular flexibility index (Phi) is 7.39. The fourth-order valence-corrected chi connectivity index (χ4v) is 2.98. The molecule has 1 aliphatic heterocycles. The monoisotopic (exact) mass is 380 g/mol. The first-order chi connectivity index (χ1) is 11.2. The molecule has 5 nitrogen and oxygen atoms in total.